The van der Waals surface area contributed by atoms with Crippen LogP contribution in [0.5, 0.6) is 0 Å². The van der Waals surface area contributed by atoms with E-state index >= 15 is 0 Å². The minimum absolute atomic E-state index is 0.0891. The lowest BCUT2D eigenvalue weighted by molar-refractivity contribution is -0.130. The van der Waals surface area contributed by atoms with Gasteiger partial charge in [0.05, 0.1) is 0 Å². The van der Waals surface area contributed by atoms with Gasteiger partial charge in [0.25, 0.3) is 0 Å². The van der Waals surface area contributed by atoms with E-state index in [0.29, 0.717) is 25.8 Å². The van der Waals surface area contributed by atoms with Gasteiger partial charge in [-0.3, -0.25) is 9.78 Å². The Labute approximate surface area is 119 Å². The van der Waals surface area contributed by atoms with Crippen molar-refractivity contribution >= 4 is 5.91 Å². The molecule has 104 valence electrons. The van der Waals surface area contributed by atoms with Gasteiger partial charge in [0.1, 0.15) is 0 Å². The van der Waals surface area contributed by atoms with Crippen molar-refractivity contribution in [2.45, 2.75) is 37.9 Å². The average molecular weight is 270 g/mol. The Morgan fingerprint density at radius 2 is 2.25 bits per heavy atom. The van der Waals surface area contributed by atoms with E-state index in [1.54, 1.807) is 24.3 Å². The Morgan fingerprint density at radius 3 is 2.85 bits per heavy atom. The fourth-order valence-electron chi connectivity index (χ4n) is 2.02. The maximum absolute atomic E-state index is 12.1. The highest BCUT2D eigenvalue weighted by atomic mass is 16.2. The Balaban J connectivity index is 1.76. The Morgan fingerprint density at radius 1 is 1.45 bits per heavy atom. The van der Waals surface area contributed by atoms with Crippen molar-refractivity contribution in [2.75, 3.05) is 7.05 Å². The van der Waals surface area contributed by atoms with Crippen LogP contribution >= 0.6 is 0 Å². The Kier molecular flexibility index (Phi) is 4.46. The zero-order valence-corrected chi connectivity index (χ0v) is 11.6. The van der Waals surface area contributed by atoms with Gasteiger partial charge in [-0.05, 0) is 11.6 Å². The van der Waals surface area contributed by atoms with Crippen LogP contribution in [0.1, 0.15) is 31.2 Å². The first-order valence-corrected chi connectivity index (χ1v) is 6.66. The molecule has 20 heavy (non-hydrogen) atoms. The minimum atomic E-state index is -0.378. The molecule has 0 aromatic carbocycles. The van der Waals surface area contributed by atoms with Crippen molar-refractivity contribution in [3.05, 3.63) is 30.1 Å². The second-order valence-corrected chi connectivity index (χ2v) is 5.00. The van der Waals surface area contributed by atoms with Gasteiger partial charge in [-0.25, -0.2) is 0 Å². The number of hydrogen-bond donors (Lipinski definition) is 0. The standard InChI is InChI=1S/C15H18N4O/c1-3-4-8-15(17-18-15)9-7-14(20)19(2)12-13-6-5-10-16-11-13/h1,5-6,10-11H,4,7-9,12H2,2H3. The lowest BCUT2D eigenvalue weighted by Gasteiger charge is -2.18. The largest absolute Gasteiger partial charge is 0.341 e. The van der Waals surface area contributed by atoms with E-state index in [2.05, 4.69) is 21.1 Å². The summed E-state index contributed by atoms with van der Waals surface area (Å²) >= 11 is 0. The maximum atomic E-state index is 12.1. The van der Waals surface area contributed by atoms with Crippen LogP contribution in [0.2, 0.25) is 0 Å². The zero-order chi connectivity index (χ0) is 14.4. The van der Waals surface area contributed by atoms with Crippen LogP contribution in [0.4, 0.5) is 0 Å². The van der Waals surface area contributed by atoms with Crippen molar-refractivity contribution in [1.29, 1.82) is 0 Å². The van der Waals surface area contributed by atoms with Gasteiger partial charge in [0.15, 0.2) is 5.66 Å². The highest BCUT2D eigenvalue weighted by molar-refractivity contribution is 5.76. The molecule has 2 heterocycles. The van der Waals surface area contributed by atoms with Crippen molar-refractivity contribution in [1.82, 2.24) is 9.88 Å². The van der Waals surface area contributed by atoms with Crippen LogP contribution in [-0.4, -0.2) is 28.5 Å². The predicted molar refractivity (Wildman–Crippen MR) is 75.6 cm³/mol. The van der Waals surface area contributed by atoms with E-state index in [9.17, 15) is 4.79 Å². The summed E-state index contributed by atoms with van der Waals surface area (Å²) in [5.74, 6) is 2.67. The van der Waals surface area contributed by atoms with Gasteiger partial charge in [0.2, 0.25) is 5.91 Å². The van der Waals surface area contributed by atoms with Crippen molar-refractivity contribution in [2.24, 2.45) is 10.2 Å². The fourth-order valence-corrected chi connectivity index (χ4v) is 2.02. The van der Waals surface area contributed by atoms with Gasteiger partial charge in [-0.1, -0.05) is 6.07 Å². The molecule has 2 rings (SSSR count). The number of nitrogens with zero attached hydrogens (tertiary/aromatic N) is 4. The summed E-state index contributed by atoms with van der Waals surface area (Å²) in [6.07, 6.45) is 11.2. The summed E-state index contributed by atoms with van der Waals surface area (Å²) in [4.78, 5) is 17.8. The van der Waals surface area contributed by atoms with Gasteiger partial charge in [-0.2, -0.15) is 10.2 Å². The summed E-state index contributed by atoms with van der Waals surface area (Å²) in [5.41, 5.74) is 0.642. The first kappa shape index (κ1) is 14.2. The van der Waals surface area contributed by atoms with Crippen molar-refractivity contribution in [3.8, 4) is 12.3 Å². The van der Waals surface area contributed by atoms with Gasteiger partial charge >= 0.3 is 0 Å². The summed E-state index contributed by atoms with van der Waals surface area (Å²) < 4.78 is 0. The van der Waals surface area contributed by atoms with E-state index in [1.165, 1.54) is 0 Å². The number of aromatic nitrogens is 1. The molecule has 1 aromatic rings. The number of rotatable bonds is 7. The normalized spacial score (nSPS) is 14.6. The molecule has 5 nitrogen and oxygen atoms in total. The lowest BCUT2D eigenvalue weighted by atomic mass is 10.0. The van der Waals surface area contributed by atoms with Crippen LogP contribution in [0.3, 0.4) is 0 Å². The van der Waals surface area contributed by atoms with E-state index < -0.39 is 0 Å². The van der Waals surface area contributed by atoms with E-state index in [1.807, 2.05) is 12.1 Å². The highest BCUT2D eigenvalue weighted by Crippen LogP contribution is 2.37. The quantitative estimate of drug-likeness (QED) is 0.714. The van der Waals surface area contributed by atoms with Crippen LogP contribution in [-0.2, 0) is 11.3 Å². The van der Waals surface area contributed by atoms with Gasteiger partial charge in [-0.15, -0.1) is 12.3 Å². The van der Waals surface area contributed by atoms with Crippen molar-refractivity contribution in [3.63, 3.8) is 0 Å². The topological polar surface area (TPSA) is 57.9 Å². The number of hydrogen-bond acceptors (Lipinski definition) is 4. The van der Waals surface area contributed by atoms with Crippen LogP contribution < -0.4 is 0 Å². The molecule has 0 unspecified atom stereocenters. The summed E-state index contributed by atoms with van der Waals surface area (Å²) in [6, 6.07) is 3.82. The number of carbonyl (C=O) groups excluding carboxylic acids is 1. The molecule has 0 bridgehead atoms. The second kappa shape index (κ2) is 6.29. The zero-order valence-electron chi connectivity index (χ0n) is 11.6. The molecule has 1 aliphatic heterocycles. The fraction of sp³-hybridized carbons (Fsp3) is 0.467. The smallest absolute Gasteiger partial charge is 0.222 e. The van der Waals surface area contributed by atoms with Gasteiger partial charge in [0, 0.05) is 51.7 Å². The molecule has 0 radical (unpaired) electrons. The molecular formula is C15H18N4O. The molecule has 1 amide bonds. The molecule has 5 heteroatoms. The number of amides is 1. The van der Waals surface area contributed by atoms with E-state index in [0.717, 1.165) is 12.0 Å². The summed E-state index contributed by atoms with van der Waals surface area (Å²) in [7, 11) is 1.80. The van der Waals surface area contributed by atoms with Crippen molar-refractivity contribution < 1.29 is 4.79 Å². The molecule has 0 N–H and O–H groups in total. The van der Waals surface area contributed by atoms with E-state index in [4.69, 9.17) is 6.42 Å². The molecule has 0 spiro atoms. The van der Waals surface area contributed by atoms with Crippen LogP contribution in [0.25, 0.3) is 0 Å². The number of terminal acetylenes is 1. The number of pyridine rings is 1. The first-order valence-electron chi connectivity index (χ1n) is 6.66. The van der Waals surface area contributed by atoms with Crippen LogP contribution in [0, 0.1) is 12.3 Å². The monoisotopic (exact) mass is 270 g/mol. The Hall–Kier alpha value is -2.22. The average Bonchev–Trinajstić information content (AvgIpc) is 3.24. The molecular weight excluding hydrogens is 252 g/mol. The summed E-state index contributed by atoms with van der Waals surface area (Å²) in [6.45, 7) is 0.568. The molecule has 0 saturated heterocycles. The SMILES string of the molecule is C#CCCC1(CCC(=O)N(C)Cc2cccnc2)N=N1. The second-order valence-electron chi connectivity index (χ2n) is 5.00. The lowest BCUT2D eigenvalue weighted by Crippen LogP contribution is -2.27. The predicted octanol–water partition coefficient (Wildman–Crippen LogP) is 2.40. The third-order valence-corrected chi connectivity index (χ3v) is 3.36. The highest BCUT2D eigenvalue weighted by Gasteiger charge is 2.39. The van der Waals surface area contributed by atoms with E-state index in [-0.39, 0.29) is 11.6 Å². The molecule has 0 fully saturated rings. The first-order chi connectivity index (χ1) is 9.65. The number of carbonyl (C=O) groups is 1. The third-order valence-electron chi connectivity index (χ3n) is 3.36. The van der Waals surface area contributed by atoms with Gasteiger partial charge < -0.3 is 4.90 Å². The molecule has 0 saturated carbocycles. The molecule has 1 aliphatic rings. The molecule has 0 atom stereocenters. The Bertz CT molecular complexity index is 527. The third kappa shape index (κ3) is 3.89. The maximum Gasteiger partial charge on any atom is 0.222 e. The van der Waals surface area contributed by atoms with Crippen LogP contribution in [0.15, 0.2) is 34.8 Å². The summed E-state index contributed by atoms with van der Waals surface area (Å²) in [5, 5.41) is 8.07. The molecule has 0 aliphatic carbocycles. The minimum Gasteiger partial charge on any atom is -0.341 e. The molecule has 1 aromatic heterocycles.